The second-order valence-electron chi connectivity index (χ2n) is 9.29. The maximum absolute atomic E-state index is 12.9. The second-order valence-corrected chi connectivity index (χ2v) is 10.3. The number of fused-ring (bicyclic) bond motifs is 1. The Morgan fingerprint density at radius 3 is 2.46 bits per heavy atom. The van der Waals surface area contributed by atoms with Crippen molar-refractivity contribution in [2.24, 2.45) is 10.1 Å². The second kappa shape index (κ2) is 8.96. The van der Waals surface area contributed by atoms with Crippen LogP contribution in [0.2, 0.25) is 0 Å². The predicted molar refractivity (Wildman–Crippen MR) is 140 cm³/mol. The van der Waals surface area contributed by atoms with Crippen molar-refractivity contribution in [2.45, 2.75) is 47.0 Å². The van der Waals surface area contributed by atoms with Crippen molar-refractivity contribution in [1.82, 2.24) is 14.5 Å². The number of rotatable bonds is 4. The van der Waals surface area contributed by atoms with Crippen LogP contribution in [0.15, 0.2) is 39.9 Å². The molecule has 2 amide bonds. The zero-order valence-electron chi connectivity index (χ0n) is 20.4. The smallest absolute Gasteiger partial charge is 0.283 e. The van der Waals surface area contributed by atoms with Crippen LogP contribution >= 0.6 is 11.8 Å². The lowest BCUT2D eigenvalue weighted by atomic mass is 10.1. The lowest BCUT2D eigenvalue weighted by molar-refractivity contribution is -0.128. The molecule has 3 aliphatic rings. The third kappa shape index (κ3) is 4.36. The predicted octanol–water partition coefficient (Wildman–Crippen LogP) is 4.34. The minimum Gasteiger partial charge on any atom is -0.342 e. The lowest BCUT2D eigenvalue weighted by Gasteiger charge is -2.20. The molecule has 0 saturated carbocycles. The van der Waals surface area contributed by atoms with Crippen LogP contribution < -0.4 is 0 Å². The molecule has 1 N–H and O–H groups in total. The molecule has 0 unspecified atom stereocenters. The molecular formula is C26H28N6O2S. The highest BCUT2D eigenvalue weighted by Crippen LogP contribution is 2.31. The quantitative estimate of drug-likeness (QED) is 0.648. The molecule has 1 saturated heterocycles. The number of carbonyl (C=O) groups is 2. The van der Waals surface area contributed by atoms with Crippen molar-refractivity contribution in [3.8, 4) is 5.69 Å². The van der Waals surface area contributed by atoms with Crippen LogP contribution in [0, 0.1) is 33.1 Å². The molecule has 9 heteroatoms. The van der Waals surface area contributed by atoms with Gasteiger partial charge in [0.2, 0.25) is 11.1 Å². The van der Waals surface area contributed by atoms with Gasteiger partial charge in [0.1, 0.15) is 5.04 Å². The monoisotopic (exact) mass is 488 g/mol. The first-order valence-electron chi connectivity index (χ1n) is 11.8. The SMILES string of the molecule is Cc1cc(C)cc(-n2c(C)cc(/C=C3/C(=N)N4N=C(CC(=O)N5CCCC5)SC4=NC3=O)c2C)c1. The number of aryl methyl sites for hydroxylation is 3. The molecule has 0 radical (unpaired) electrons. The summed E-state index contributed by atoms with van der Waals surface area (Å²) in [7, 11) is 0. The van der Waals surface area contributed by atoms with E-state index >= 15 is 0 Å². The van der Waals surface area contributed by atoms with Gasteiger partial charge in [0.15, 0.2) is 5.84 Å². The number of hydrogen-bond donors (Lipinski definition) is 1. The van der Waals surface area contributed by atoms with Crippen LogP contribution in [-0.4, -0.2) is 55.4 Å². The zero-order valence-corrected chi connectivity index (χ0v) is 21.2. The van der Waals surface area contributed by atoms with E-state index in [0.717, 1.165) is 48.6 Å². The van der Waals surface area contributed by atoms with E-state index < -0.39 is 5.91 Å². The Balaban J connectivity index is 1.43. The molecule has 1 fully saturated rings. The van der Waals surface area contributed by atoms with E-state index in [-0.39, 0.29) is 23.7 Å². The molecule has 180 valence electrons. The molecule has 0 bridgehead atoms. The fourth-order valence-corrected chi connectivity index (χ4v) is 5.75. The number of aromatic nitrogens is 1. The Hall–Kier alpha value is -3.46. The van der Waals surface area contributed by atoms with Gasteiger partial charge in [-0.05, 0) is 93.3 Å². The highest BCUT2D eigenvalue weighted by atomic mass is 32.2. The molecule has 35 heavy (non-hydrogen) atoms. The third-order valence-corrected chi connectivity index (χ3v) is 7.40. The minimum absolute atomic E-state index is 0.0210. The van der Waals surface area contributed by atoms with Crippen LogP contribution in [0.25, 0.3) is 11.8 Å². The van der Waals surface area contributed by atoms with Gasteiger partial charge in [-0.2, -0.15) is 15.1 Å². The van der Waals surface area contributed by atoms with E-state index in [4.69, 9.17) is 5.41 Å². The van der Waals surface area contributed by atoms with Crippen molar-refractivity contribution in [2.75, 3.05) is 13.1 Å². The van der Waals surface area contributed by atoms with E-state index in [1.807, 2.05) is 24.8 Å². The van der Waals surface area contributed by atoms with Gasteiger partial charge < -0.3 is 9.47 Å². The maximum Gasteiger partial charge on any atom is 0.283 e. The summed E-state index contributed by atoms with van der Waals surface area (Å²) in [6.45, 7) is 9.75. The molecule has 4 heterocycles. The number of nitrogens with one attached hydrogen (secondary N) is 1. The average Bonchev–Trinajstić information content (AvgIpc) is 3.50. The van der Waals surface area contributed by atoms with Crippen LogP contribution in [0.1, 0.15) is 47.3 Å². The molecule has 8 nitrogen and oxygen atoms in total. The van der Waals surface area contributed by atoms with Gasteiger partial charge in [-0.1, -0.05) is 6.07 Å². The van der Waals surface area contributed by atoms with Crippen LogP contribution in [0.4, 0.5) is 0 Å². The number of amides is 2. The number of nitrogens with zero attached hydrogens (tertiary/aromatic N) is 5. The topological polar surface area (TPSA) is 94.1 Å². The summed E-state index contributed by atoms with van der Waals surface area (Å²) in [5, 5.41) is 15.4. The van der Waals surface area contributed by atoms with Gasteiger partial charge in [-0.15, -0.1) is 0 Å². The fraction of sp³-hybridized carbons (Fsp3) is 0.346. The third-order valence-electron chi connectivity index (χ3n) is 6.49. The van der Waals surface area contributed by atoms with Crippen molar-refractivity contribution < 1.29 is 9.59 Å². The van der Waals surface area contributed by atoms with Gasteiger partial charge in [0.05, 0.1) is 12.0 Å². The summed E-state index contributed by atoms with van der Waals surface area (Å²) in [5.74, 6) is -0.457. The standard InChI is InChI=1S/C26H28N6O2S/c1-15-9-16(2)11-20(10-15)31-17(3)12-19(18(31)4)13-21-24(27)32-26(28-25(21)34)35-22(29-32)14-23(33)30-7-5-6-8-30/h9-13,27H,5-8,14H2,1-4H3/b21-13-,27-24?. The van der Waals surface area contributed by atoms with Crippen molar-refractivity contribution >= 4 is 45.7 Å². The van der Waals surface area contributed by atoms with E-state index in [1.165, 1.54) is 27.9 Å². The molecule has 5 rings (SSSR count). The molecule has 1 aromatic heterocycles. The largest absolute Gasteiger partial charge is 0.342 e. The first kappa shape index (κ1) is 23.3. The minimum atomic E-state index is -0.465. The van der Waals surface area contributed by atoms with Crippen molar-refractivity contribution in [1.29, 1.82) is 5.41 Å². The van der Waals surface area contributed by atoms with Gasteiger partial charge in [0.25, 0.3) is 5.91 Å². The van der Waals surface area contributed by atoms with Crippen LogP contribution in [-0.2, 0) is 9.59 Å². The van der Waals surface area contributed by atoms with E-state index in [0.29, 0.717) is 10.2 Å². The number of aliphatic imine (C=N–C) groups is 1. The number of likely N-dealkylation sites (tertiary alicyclic amines) is 1. The summed E-state index contributed by atoms with van der Waals surface area (Å²) < 4.78 is 2.16. The van der Waals surface area contributed by atoms with E-state index in [1.54, 1.807) is 6.08 Å². The zero-order chi connectivity index (χ0) is 24.9. The molecular weight excluding hydrogens is 460 g/mol. The first-order chi connectivity index (χ1) is 16.7. The Kier molecular flexibility index (Phi) is 5.96. The van der Waals surface area contributed by atoms with E-state index in [2.05, 4.69) is 46.7 Å². The van der Waals surface area contributed by atoms with Crippen molar-refractivity contribution in [3.63, 3.8) is 0 Å². The van der Waals surface area contributed by atoms with Crippen molar-refractivity contribution in [3.05, 3.63) is 57.9 Å². The molecule has 1 aromatic carbocycles. The Labute approximate surface area is 208 Å². The van der Waals surface area contributed by atoms with Crippen LogP contribution in [0.3, 0.4) is 0 Å². The van der Waals surface area contributed by atoms with Crippen LogP contribution in [0.5, 0.6) is 0 Å². The summed E-state index contributed by atoms with van der Waals surface area (Å²) in [6, 6.07) is 8.42. The molecule has 0 spiro atoms. The highest BCUT2D eigenvalue weighted by molar-refractivity contribution is 8.27. The number of carbonyl (C=O) groups excluding carboxylic acids is 2. The number of hydrogen-bond acceptors (Lipinski definition) is 5. The molecule has 0 aliphatic carbocycles. The Bertz CT molecular complexity index is 1340. The average molecular weight is 489 g/mol. The van der Waals surface area contributed by atoms with Gasteiger partial charge in [-0.25, -0.2) is 0 Å². The number of thioether (sulfide) groups is 1. The van der Waals surface area contributed by atoms with Gasteiger partial charge in [0, 0.05) is 30.2 Å². The normalized spacial score (nSPS) is 18.9. The van der Waals surface area contributed by atoms with E-state index in [9.17, 15) is 9.59 Å². The summed E-state index contributed by atoms with van der Waals surface area (Å²) in [4.78, 5) is 31.4. The highest BCUT2D eigenvalue weighted by Gasteiger charge is 2.36. The molecule has 0 atom stereocenters. The lowest BCUT2D eigenvalue weighted by Crippen LogP contribution is -2.35. The Morgan fingerprint density at radius 1 is 1.09 bits per heavy atom. The van der Waals surface area contributed by atoms with Gasteiger partial charge in [-0.3, -0.25) is 15.0 Å². The summed E-state index contributed by atoms with van der Waals surface area (Å²) in [5.41, 5.74) is 6.49. The maximum atomic E-state index is 12.9. The van der Waals surface area contributed by atoms with Gasteiger partial charge >= 0.3 is 0 Å². The Morgan fingerprint density at radius 2 is 1.77 bits per heavy atom. The number of hydrazone groups is 1. The molecule has 2 aromatic rings. The summed E-state index contributed by atoms with van der Waals surface area (Å²) in [6.07, 6.45) is 3.95. The summed E-state index contributed by atoms with van der Waals surface area (Å²) >= 11 is 1.19. The first-order valence-corrected chi connectivity index (χ1v) is 12.6. The number of benzene rings is 1. The fourth-order valence-electron chi connectivity index (χ4n) is 4.88. The molecule has 3 aliphatic heterocycles. The number of amidine groups is 2.